The lowest BCUT2D eigenvalue weighted by Crippen LogP contribution is -2.53. The number of carbonyl (C=O) groups is 1. The Hall–Kier alpha value is -3.22. The molecule has 1 fully saturated rings. The zero-order valence-corrected chi connectivity index (χ0v) is 17.7. The number of benzene rings is 1. The van der Waals surface area contributed by atoms with Crippen LogP contribution in [0.2, 0.25) is 0 Å². The molecule has 0 N–H and O–H groups in total. The average molecular weight is 406 g/mol. The molecule has 0 unspecified atom stereocenters. The largest absolute Gasteiger partial charge is 0.348 e. The van der Waals surface area contributed by atoms with Gasteiger partial charge in [-0.2, -0.15) is 0 Å². The van der Waals surface area contributed by atoms with Gasteiger partial charge < -0.3 is 9.80 Å². The highest BCUT2D eigenvalue weighted by molar-refractivity contribution is 5.81. The van der Waals surface area contributed by atoms with Crippen LogP contribution in [-0.2, 0) is 11.3 Å². The number of carbonyl (C=O) groups excluding carboxylic acids is 1. The minimum absolute atomic E-state index is 0.138. The van der Waals surface area contributed by atoms with Crippen molar-refractivity contribution in [2.45, 2.75) is 27.3 Å². The van der Waals surface area contributed by atoms with Crippen LogP contribution in [0.3, 0.4) is 0 Å². The molecule has 2 aromatic heterocycles. The van der Waals surface area contributed by atoms with Crippen LogP contribution >= 0.6 is 0 Å². The number of fused-ring (bicyclic) bond motifs is 1. The first-order valence-corrected chi connectivity index (χ1v) is 10.3. The molecule has 0 bridgehead atoms. The highest BCUT2D eigenvalue weighted by atomic mass is 16.2. The molecular formula is C23H27N5O2. The first-order valence-electron chi connectivity index (χ1n) is 10.3. The third-order valence-corrected chi connectivity index (χ3v) is 5.38. The summed E-state index contributed by atoms with van der Waals surface area (Å²) in [4.78, 5) is 38.9. The maximum absolute atomic E-state index is 13.4. The molecule has 30 heavy (non-hydrogen) atoms. The molecule has 0 spiro atoms. The summed E-state index contributed by atoms with van der Waals surface area (Å²) < 4.78 is 1.69. The fourth-order valence-electron chi connectivity index (χ4n) is 3.78. The minimum Gasteiger partial charge on any atom is -0.348 e. The summed E-state index contributed by atoms with van der Waals surface area (Å²) in [5, 5.41) is 0. The molecular weight excluding hydrogens is 378 g/mol. The van der Waals surface area contributed by atoms with Crippen molar-refractivity contribution in [3.8, 4) is 0 Å². The van der Waals surface area contributed by atoms with Crippen LogP contribution in [0.4, 0.5) is 5.82 Å². The van der Waals surface area contributed by atoms with Gasteiger partial charge in [0, 0.05) is 37.8 Å². The Morgan fingerprint density at radius 3 is 2.37 bits per heavy atom. The van der Waals surface area contributed by atoms with E-state index in [2.05, 4.69) is 9.97 Å². The molecule has 0 atom stereocenters. The Morgan fingerprint density at radius 1 is 1.00 bits per heavy atom. The van der Waals surface area contributed by atoms with E-state index in [9.17, 15) is 9.59 Å². The van der Waals surface area contributed by atoms with Crippen molar-refractivity contribution in [1.82, 2.24) is 19.4 Å². The van der Waals surface area contributed by atoms with E-state index in [0.29, 0.717) is 49.7 Å². The zero-order valence-electron chi connectivity index (χ0n) is 17.7. The Bertz CT molecular complexity index is 1110. The van der Waals surface area contributed by atoms with Crippen molar-refractivity contribution in [2.75, 3.05) is 31.1 Å². The number of nitrogens with zero attached hydrogens (tertiary/aromatic N) is 5. The smallest absolute Gasteiger partial charge is 0.295 e. The lowest BCUT2D eigenvalue weighted by atomic mass is 9.94. The van der Waals surface area contributed by atoms with E-state index >= 15 is 0 Å². The Labute approximate surface area is 176 Å². The van der Waals surface area contributed by atoms with E-state index in [1.54, 1.807) is 10.8 Å². The fourth-order valence-corrected chi connectivity index (χ4v) is 3.78. The topological polar surface area (TPSA) is 71.3 Å². The second kappa shape index (κ2) is 7.89. The molecule has 3 heterocycles. The Kier molecular flexibility index (Phi) is 5.28. The molecule has 0 radical (unpaired) electrons. The van der Waals surface area contributed by atoms with Gasteiger partial charge in [0.2, 0.25) is 5.91 Å². The molecule has 3 aromatic rings. The van der Waals surface area contributed by atoms with E-state index in [0.717, 1.165) is 5.56 Å². The van der Waals surface area contributed by atoms with Crippen molar-refractivity contribution in [1.29, 1.82) is 0 Å². The summed E-state index contributed by atoms with van der Waals surface area (Å²) >= 11 is 0. The number of amides is 1. The lowest BCUT2D eigenvalue weighted by Gasteiger charge is -2.38. The highest BCUT2D eigenvalue weighted by Crippen LogP contribution is 2.20. The molecule has 1 aliphatic rings. The quantitative estimate of drug-likeness (QED) is 0.670. The standard InChI is InChI=1S/C23H27N5O2/c1-23(2,3)22(30)27-14-12-26(13-15-27)20-21(29)28(16-17-8-5-4-6-9-17)19-18(25-20)10-7-11-24-19/h4-11H,12-16H2,1-3H3. The van der Waals surface area contributed by atoms with E-state index in [-0.39, 0.29) is 11.5 Å². The summed E-state index contributed by atoms with van der Waals surface area (Å²) in [5.74, 6) is 0.564. The fraction of sp³-hybridized carbons (Fsp3) is 0.391. The third kappa shape index (κ3) is 3.92. The predicted octanol–water partition coefficient (Wildman–Crippen LogP) is 2.53. The summed E-state index contributed by atoms with van der Waals surface area (Å²) in [6.07, 6.45) is 1.68. The van der Waals surface area contributed by atoms with Gasteiger partial charge in [0.25, 0.3) is 5.56 Å². The molecule has 1 amide bonds. The maximum Gasteiger partial charge on any atom is 0.295 e. The van der Waals surface area contributed by atoms with E-state index in [4.69, 9.17) is 0 Å². The summed E-state index contributed by atoms with van der Waals surface area (Å²) in [5.41, 5.74) is 1.75. The van der Waals surface area contributed by atoms with Crippen LogP contribution in [0.5, 0.6) is 0 Å². The molecule has 4 rings (SSSR count). The number of piperazine rings is 1. The van der Waals surface area contributed by atoms with E-state index in [1.165, 1.54) is 0 Å². The van der Waals surface area contributed by atoms with Crippen molar-refractivity contribution in [3.05, 3.63) is 64.6 Å². The predicted molar refractivity (Wildman–Crippen MR) is 118 cm³/mol. The molecule has 7 heteroatoms. The Morgan fingerprint density at radius 2 is 1.70 bits per heavy atom. The van der Waals surface area contributed by atoms with Crippen LogP contribution < -0.4 is 10.5 Å². The third-order valence-electron chi connectivity index (χ3n) is 5.38. The molecule has 0 aliphatic carbocycles. The number of pyridine rings is 1. The monoisotopic (exact) mass is 405 g/mol. The molecule has 156 valence electrons. The van der Waals surface area contributed by atoms with Gasteiger partial charge in [-0.05, 0) is 17.7 Å². The number of rotatable bonds is 3. The second-order valence-corrected chi connectivity index (χ2v) is 8.69. The van der Waals surface area contributed by atoms with Gasteiger partial charge in [0.05, 0.1) is 6.54 Å². The van der Waals surface area contributed by atoms with Crippen molar-refractivity contribution >= 4 is 22.9 Å². The van der Waals surface area contributed by atoms with E-state index in [1.807, 2.05) is 73.0 Å². The van der Waals surface area contributed by atoms with Crippen molar-refractivity contribution < 1.29 is 4.79 Å². The molecule has 0 saturated carbocycles. The average Bonchev–Trinajstić information content (AvgIpc) is 2.75. The minimum atomic E-state index is -0.405. The summed E-state index contributed by atoms with van der Waals surface area (Å²) in [7, 11) is 0. The molecule has 7 nitrogen and oxygen atoms in total. The molecule has 1 saturated heterocycles. The van der Waals surface area contributed by atoms with Gasteiger partial charge in [-0.1, -0.05) is 51.1 Å². The van der Waals surface area contributed by atoms with Crippen LogP contribution in [-0.4, -0.2) is 51.5 Å². The van der Waals surface area contributed by atoms with Gasteiger partial charge in [-0.25, -0.2) is 9.97 Å². The van der Waals surface area contributed by atoms with Crippen LogP contribution in [0.15, 0.2) is 53.5 Å². The Balaban J connectivity index is 1.66. The first kappa shape index (κ1) is 20.1. The van der Waals surface area contributed by atoms with Crippen LogP contribution in [0, 0.1) is 5.41 Å². The van der Waals surface area contributed by atoms with Crippen LogP contribution in [0.25, 0.3) is 11.2 Å². The maximum atomic E-state index is 13.4. The second-order valence-electron chi connectivity index (χ2n) is 8.69. The van der Waals surface area contributed by atoms with Gasteiger partial charge in [-0.3, -0.25) is 14.2 Å². The molecule has 1 aromatic carbocycles. The number of anilines is 1. The molecule has 1 aliphatic heterocycles. The summed E-state index contributed by atoms with van der Waals surface area (Å²) in [6.45, 7) is 8.57. The van der Waals surface area contributed by atoms with Gasteiger partial charge in [0.1, 0.15) is 5.52 Å². The summed E-state index contributed by atoms with van der Waals surface area (Å²) in [6, 6.07) is 13.6. The van der Waals surface area contributed by atoms with Crippen molar-refractivity contribution in [3.63, 3.8) is 0 Å². The normalized spacial score (nSPS) is 14.9. The van der Waals surface area contributed by atoms with Gasteiger partial charge in [0.15, 0.2) is 11.5 Å². The lowest BCUT2D eigenvalue weighted by molar-refractivity contribution is -0.139. The SMILES string of the molecule is CC(C)(C)C(=O)N1CCN(c2nc3cccnc3n(Cc3ccccc3)c2=O)CC1. The zero-order chi connectivity index (χ0) is 21.3. The van der Waals surface area contributed by atoms with Crippen molar-refractivity contribution in [2.24, 2.45) is 5.41 Å². The van der Waals surface area contributed by atoms with E-state index < -0.39 is 5.41 Å². The number of hydrogen-bond acceptors (Lipinski definition) is 5. The first-order chi connectivity index (χ1) is 14.3. The number of hydrogen-bond donors (Lipinski definition) is 0. The highest BCUT2D eigenvalue weighted by Gasteiger charge is 2.31. The van der Waals surface area contributed by atoms with Crippen LogP contribution in [0.1, 0.15) is 26.3 Å². The number of aromatic nitrogens is 3. The van der Waals surface area contributed by atoms with Gasteiger partial charge in [-0.15, -0.1) is 0 Å². The van der Waals surface area contributed by atoms with Gasteiger partial charge >= 0.3 is 0 Å².